The first-order valence-corrected chi connectivity index (χ1v) is 8.76. The Morgan fingerprint density at radius 1 is 1.25 bits per heavy atom. The summed E-state index contributed by atoms with van der Waals surface area (Å²) in [7, 11) is -2.59. The van der Waals surface area contributed by atoms with Crippen LogP contribution in [0.5, 0.6) is 17.2 Å². The molecular weight excluding hydrogens is 331 g/mol. The van der Waals surface area contributed by atoms with Crippen molar-refractivity contribution < 1.29 is 28.6 Å². The summed E-state index contributed by atoms with van der Waals surface area (Å²) in [5, 5.41) is 20.2. The van der Waals surface area contributed by atoms with Crippen molar-refractivity contribution in [3.05, 3.63) is 66.7 Å². The maximum Gasteiger partial charge on any atom is 0.412 e. The molecule has 0 amide bonds. The first-order valence-electron chi connectivity index (χ1n) is 7.15. The molecule has 0 aromatic heterocycles. The molecule has 128 valence electrons. The predicted molar refractivity (Wildman–Crippen MR) is 90.4 cm³/mol. The summed E-state index contributed by atoms with van der Waals surface area (Å²) in [6.07, 6.45) is 1.41. The number of aliphatic hydroxyl groups is 1. The molecule has 0 aliphatic rings. The number of phenols is 1. The molecule has 0 bridgehead atoms. The minimum Gasteiger partial charge on any atom is -0.504 e. The number of aliphatic hydroxyl groups excluding tert-OH is 1. The van der Waals surface area contributed by atoms with Crippen molar-refractivity contribution in [1.82, 2.24) is 0 Å². The van der Waals surface area contributed by atoms with Crippen LogP contribution in [0.1, 0.15) is 11.4 Å². The molecule has 0 fully saturated rings. The molecule has 0 heterocycles. The summed E-state index contributed by atoms with van der Waals surface area (Å²) < 4.78 is 28.8. The zero-order valence-corrected chi connectivity index (χ0v) is 14.1. The van der Waals surface area contributed by atoms with E-state index in [0.717, 1.165) is 0 Å². The minimum absolute atomic E-state index is 0.0591. The Morgan fingerprint density at radius 2 is 1.96 bits per heavy atom. The van der Waals surface area contributed by atoms with Gasteiger partial charge in [-0.3, -0.25) is 4.52 Å². The van der Waals surface area contributed by atoms with Crippen LogP contribution in [-0.4, -0.2) is 23.9 Å². The Balaban J connectivity index is 2.35. The van der Waals surface area contributed by atoms with Crippen molar-refractivity contribution in [3.8, 4) is 17.2 Å². The van der Waals surface area contributed by atoms with Crippen molar-refractivity contribution in [2.75, 3.05) is 13.7 Å². The number of ether oxygens (including phenoxy) is 1. The summed E-state index contributed by atoms with van der Waals surface area (Å²) in [5.41, 5.74) is 0.230. The fourth-order valence-electron chi connectivity index (χ4n) is 1.97. The Labute approximate surface area is 140 Å². The standard InChI is InChI=1S/C17H19O6P/c1-3-11-22-24(20,23-14-7-5-4-6-8-14)17(19)13-9-10-15(18)16(12-13)21-2/h3-10,12,17-19H,1,11H2,2H3. The zero-order chi connectivity index (χ0) is 17.6. The molecule has 0 saturated carbocycles. The molecule has 2 N–H and O–H groups in total. The molecule has 0 saturated heterocycles. The van der Waals surface area contributed by atoms with E-state index >= 15 is 0 Å². The van der Waals surface area contributed by atoms with Crippen molar-refractivity contribution in [3.63, 3.8) is 0 Å². The Bertz CT molecular complexity index is 731. The zero-order valence-electron chi connectivity index (χ0n) is 13.2. The fraction of sp³-hybridized carbons (Fsp3) is 0.176. The average molecular weight is 350 g/mol. The lowest BCUT2D eigenvalue weighted by Gasteiger charge is -2.24. The monoisotopic (exact) mass is 350 g/mol. The molecule has 2 atom stereocenters. The summed E-state index contributed by atoms with van der Waals surface area (Å²) in [5.74, 6) is -1.22. The minimum atomic E-state index is -3.97. The second-order valence-electron chi connectivity index (χ2n) is 4.83. The number of rotatable bonds is 8. The molecule has 6 nitrogen and oxygen atoms in total. The lowest BCUT2D eigenvalue weighted by atomic mass is 10.2. The second-order valence-corrected chi connectivity index (χ2v) is 6.84. The number of aromatic hydroxyl groups is 1. The molecule has 24 heavy (non-hydrogen) atoms. The Hall–Kier alpha value is -2.27. The van der Waals surface area contributed by atoms with Crippen LogP contribution in [0, 0.1) is 0 Å². The highest BCUT2D eigenvalue weighted by atomic mass is 31.2. The Morgan fingerprint density at radius 3 is 2.58 bits per heavy atom. The molecule has 7 heteroatoms. The van der Waals surface area contributed by atoms with Crippen molar-refractivity contribution >= 4 is 7.60 Å². The molecule has 0 aliphatic heterocycles. The van der Waals surface area contributed by atoms with Gasteiger partial charge in [0.05, 0.1) is 13.7 Å². The number of hydrogen-bond acceptors (Lipinski definition) is 6. The number of para-hydroxylation sites is 1. The first-order chi connectivity index (χ1) is 11.5. The van der Waals surface area contributed by atoms with Gasteiger partial charge < -0.3 is 19.5 Å². The summed E-state index contributed by atoms with van der Waals surface area (Å²) in [4.78, 5) is 0. The van der Waals surface area contributed by atoms with Gasteiger partial charge in [0.15, 0.2) is 17.3 Å². The average Bonchev–Trinajstić information content (AvgIpc) is 2.60. The van der Waals surface area contributed by atoms with Crippen LogP contribution < -0.4 is 9.26 Å². The van der Waals surface area contributed by atoms with Gasteiger partial charge in [-0.2, -0.15) is 0 Å². The molecular formula is C17H19O6P. The van der Waals surface area contributed by atoms with Gasteiger partial charge in [-0.1, -0.05) is 30.3 Å². The molecule has 2 aromatic carbocycles. The van der Waals surface area contributed by atoms with E-state index in [1.54, 1.807) is 30.3 Å². The van der Waals surface area contributed by atoms with E-state index in [4.69, 9.17) is 13.8 Å². The second kappa shape index (κ2) is 8.02. The van der Waals surface area contributed by atoms with E-state index in [9.17, 15) is 14.8 Å². The number of hydrogen-bond donors (Lipinski definition) is 2. The highest BCUT2D eigenvalue weighted by molar-refractivity contribution is 7.54. The van der Waals surface area contributed by atoms with Gasteiger partial charge in [-0.25, -0.2) is 4.57 Å². The van der Waals surface area contributed by atoms with E-state index in [0.29, 0.717) is 5.75 Å². The molecule has 2 unspecified atom stereocenters. The van der Waals surface area contributed by atoms with Crippen LogP contribution in [0.4, 0.5) is 0 Å². The van der Waals surface area contributed by atoms with Crippen LogP contribution in [0.2, 0.25) is 0 Å². The highest BCUT2D eigenvalue weighted by Crippen LogP contribution is 2.59. The lowest BCUT2D eigenvalue weighted by molar-refractivity contribution is 0.186. The molecule has 0 radical (unpaired) electrons. The van der Waals surface area contributed by atoms with E-state index in [1.165, 1.54) is 31.4 Å². The quantitative estimate of drug-likeness (QED) is 0.555. The third-order valence-corrected chi connectivity index (χ3v) is 5.02. The van der Waals surface area contributed by atoms with Crippen molar-refractivity contribution in [2.45, 2.75) is 5.85 Å². The maximum absolute atomic E-state index is 13.1. The van der Waals surface area contributed by atoms with Crippen LogP contribution in [-0.2, 0) is 9.09 Å². The largest absolute Gasteiger partial charge is 0.504 e. The normalized spacial score (nSPS) is 14.4. The Kier molecular flexibility index (Phi) is 6.04. The van der Waals surface area contributed by atoms with Crippen LogP contribution >= 0.6 is 7.60 Å². The number of benzene rings is 2. The maximum atomic E-state index is 13.1. The molecule has 0 spiro atoms. The molecule has 2 rings (SSSR count). The topological polar surface area (TPSA) is 85.2 Å². The van der Waals surface area contributed by atoms with E-state index in [1.807, 2.05) is 0 Å². The third-order valence-electron chi connectivity index (χ3n) is 3.15. The van der Waals surface area contributed by atoms with Gasteiger partial charge in [0, 0.05) is 0 Å². The molecule has 2 aromatic rings. The summed E-state index contributed by atoms with van der Waals surface area (Å²) in [6.45, 7) is 3.45. The predicted octanol–water partition coefficient (Wildman–Crippen LogP) is 3.87. The summed E-state index contributed by atoms with van der Waals surface area (Å²) in [6, 6.07) is 12.5. The van der Waals surface area contributed by atoms with Gasteiger partial charge in [0.25, 0.3) is 0 Å². The van der Waals surface area contributed by atoms with E-state index in [2.05, 4.69) is 6.58 Å². The van der Waals surface area contributed by atoms with Gasteiger partial charge in [0.2, 0.25) is 0 Å². The van der Waals surface area contributed by atoms with Crippen molar-refractivity contribution in [1.29, 1.82) is 0 Å². The smallest absolute Gasteiger partial charge is 0.412 e. The first kappa shape index (κ1) is 18.1. The van der Waals surface area contributed by atoms with Gasteiger partial charge in [-0.15, -0.1) is 6.58 Å². The SMILES string of the molecule is C=CCOP(=O)(Oc1ccccc1)C(O)c1ccc(O)c(OC)c1. The fourth-order valence-corrected chi connectivity index (χ4v) is 3.52. The van der Waals surface area contributed by atoms with Crippen LogP contribution in [0.25, 0.3) is 0 Å². The van der Waals surface area contributed by atoms with E-state index in [-0.39, 0.29) is 23.7 Å². The lowest BCUT2D eigenvalue weighted by Crippen LogP contribution is -2.08. The number of phenolic OH excluding ortho intramolecular Hbond substituents is 1. The third kappa shape index (κ3) is 4.17. The van der Waals surface area contributed by atoms with Crippen LogP contribution in [0.15, 0.2) is 61.2 Å². The highest BCUT2D eigenvalue weighted by Gasteiger charge is 2.38. The molecule has 0 aliphatic carbocycles. The van der Waals surface area contributed by atoms with Crippen LogP contribution in [0.3, 0.4) is 0 Å². The van der Waals surface area contributed by atoms with E-state index < -0.39 is 13.4 Å². The summed E-state index contributed by atoms with van der Waals surface area (Å²) >= 11 is 0. The van der Waals surface area contributed by atoms with Gasteiger partial charge >= 0.3 is 7.60 Å². The number of methoxy groups -OCH3 is 1. The van der Waals surface area contributed by atoms with Gasteiger partial charge in [-0.05, 0) is 29.8 Å². The van der Waals surface area contributed by atoms with Crippen molar-refractivity contribution in [2.24, 2.45) is 0 Å². The van der Waals surface area contributed by atoms with Gasteiger partial charge in [0.1, 0.15) is 5.75 Å².